The van der Waals surface area contributed by atoms with E-state index in [1.54, 1.807) is 11.3 Å². The Labute approximate surface area is 190 Å². The van der Waals surface area contributed by atoms with E-state index < -0.39 is 0 Å². The van der Waals surface area contributed by atoms with Crippen molar-refractivity contribution in [1.29, 1.82) is 0 Å². The molecule has 0 spiro atoms. The number of aliphatic imine (C=N–C) groups is 1. The molecule has 31 heavy (non-hydrogen) atoms. The number of likely N-dealkylation sites (tertiary alicyclic amines) is 2. The zero-order valence-electron chi connectivity index (χ0n) is 19.1. The number of nitrogens with one attached hydrogen (secondary N) is 2. The maximum Gasteiger partial charge on any atom is 0.225 e. The SMILES string of the molecule is CN=C(NCC1CCN(Cc2csc(C)n2)CC1)NC1CCN(C(=O)C2CCCC2)C1. The van der Waals surface area contributed by atoms with Crippen LogP contribution in [-0.4, -0.2) is 72.5 Å². The van der Waals surface area contributed by atoms with Crippen LogP contribution in [0.1, 0.15) is 55.6 Å². The van der Waals surface area contributed by atoms with Crippen LogP contribution >= 0.6 is 11.3 Å². The van der Waals surface area contributed by atoms with E-state index in [-0.39, 0.29) is 5.92 Å². The molecule has 2 N–H and O–H groups in total. The average molecular weight is 447 g/mol. The summed E-state index contributed by atoms with van der Waals surface area (Å²) in [5, 5.41) is 10.4. The highest BCUT2D eigenvalue weighted by Gasteiger charge is 2.32. The summed E-state index contributed by atoms with van der Waals surface area (Å²) >= 11 is 1.74. The quantitative estimate of drug-likeness (QED) is 0.519. The standard InChI is InChI=1S/C23H38N6OS/c1-17-26-21(16-31-17)14-28-10-7-18(8-11-28)13-25-23(24-2)27-20-9-12-29(15-20)22(30)19-5-3-4-6-19/h16,18-20H,3-15H2,1-2H3,(H2,24,25,27). The number of aromatic nitrogens is 1. The van der Waals surface area contributed by atoms with Crippen LogP contribution < -0.4 is 10.6 Å². The maximum atomic E-state index is 12.7. The zero-order valence-corrected chi connectivity index (χ0v) is 19.9. The molecule has 0 bridgehead atoms. The molecule has 1 aliphatic carbocycles. The van der Waals surface area contributed by atoms with Crippen molar-refractivity contribution in [3.63, 3.8) is 0 Å². The number of carbonyl (C=O) groups is 1. The summed E-state index contributed by atoms with van der Waals surface area (Å²) in [7, 11) is 1.84. The number of hydrogen-bond donors (Lipinski definition) is 2. The molecule has 3 aliphatic rings. The van der Waals surface area contributed by atoms with Crippen LogP contribution in [0.3, 0.4) is 0 Å². The van der Waals surface area contributed by atoms with Gasteiger partial charge in [0.15, 0.2) is 5.96 Å². The number of nitrogens with zero attached hydrogens (tertiary/aromatic N) is 4. The van der Waals surface area contributed by atoms with Crippen LogP contribution in [0.15, 0.2) is 10.4 Å². The van der Waals surface area contributed by atoms with E-state index in [4.69, 9.17) is 0 Å². The predicted molar refractivity (Wildman–Crippen MR) is 126 cm³/mol. The molecule has 1 saturated carbocycles. The summed E-state index contributed by atoms with van der Waals surface area (Å²) in [5.74, 6) is 2.21. The lowest BCUT2D eigenvalue weighted by Gasteiger charge is -2.32. The molecule has 3 heterocycles. The highest BCUT2D eigenvalue weighted by Crippen LogP contribution is 2.28. The zero-order chi connectivity index (χ0) is 21.6. The number of amides is 1. The summed E-state index contributed by atoms with van der Waals surface area (Å²) in [6, 6.07) is 0.306. The minimum Gasteiger partial charge on any atom is -0.356 e. The van der Waals surface area contributed by atoms with Crippen LogP contribution in [0.2, 0.25) is 0 Å². The van der Waals surface area contributed by atoms with Gasteiger partial charge in [-0.1, -0.05) is 12.8 Å². The molecule has 1 unspecified atom stereocenters. The van der Waals surface area contributed by atoms with E-state index in [9.17, 15) is 4.79 Å². The van der Waals surface area contributed by atoms with Gasteiger partial charge in [-0.25, -0.2) is 4.98 Å². The molecule has 4 rings (SSSR count). The normalized spacial score (nSPS) is 24.1. The van der Waals surface area contributed by atoms with Crippen LogP contribution in [0, 0.1) is 18.8 Å². The lowest BCUT2D eigenvalue weighted by Crippen LogP contribution is -2.47. The van der Waals surface area contributed by atoms with Gasteiger partial charge >= 0.3 is 0 Å². The minimum absolute atomic E-state index is 0.279. The van der Waals surface area contributed by atoms with E-state index >= 15 is 0 Å². The third-order valence-electron chi connectivity index (χ3n) is 7.09. The third kappa shape index (κ3) is 6.19. The van der Waals surface area contributed by atoms with Gasteiger partial charge in [0.25, 0.3) is 0 Å². The van der Waals surface area contributed by atoms with E-state index in [2.05, 4.69) is 42.7 Å². The molecule has 1 aromatic rings. The largest absolute Gasteiger partial charge is 0.356 e. The van der Waals surface area contributed by atoms with Gasteiger partial charge in [-0.2, -0.15) is 0 Å². The molecule has 2 saturated heterocycles. The summed E-state index contributed by atoms with van der Waals surface area (Å²) in [6.45, 7) is 7.97. The number of thiazole rings is 1. The Hall–Kier alpha value is -1.67. The number of hydrogen-bond acceptors (Lipinski definition) is 5. The first-order valence-corrected chi connectivity index (χ1v) is 12.9. The van der Waals surface area contributed by atoms with Gasteiger partial charge in [0.2, 0.25) is 5.91 Å². The van der Waals surface area contributed by atoms with Gasteiger partial charge in [0, 0.05) is 50.6 Å². The number of guanidine groups is 1. The van der Waals surface area contributed by atoms with Crippen LogP contribution in [0.5, 0.6) is 0 Å². The van der Waals surface area contributed by atoms with Crippen LogP contribution in [0.25, 0.3) is 0 Å². The summed E-state index contributed by atoms with van der Waals surface area (Å²) in [5.41, 5.74) is 1.21. The maximum absolute atomic E-state index is 12.7. The van der Waals surface area contributed by atoms with Gasteiger partial charge in [-0.05, 0) is 58.0 Å². The molecular formula is C23H38N6OS. The Morgan fingerprint density at radius 3 is 2.65 bits per heavy atom. The van der Waals surface area contributed by atoms with Crippen molar-refractivity contribution >= 4 is 23.2 Å². The molecular weight excluding hydrogens is 408 g/mol. The molecule has 1 aromatic heterocycles. The molecule has 0 aromatic carbocycles. The van der Waals surface area contributed by atoms with Crippen molar-refractivity contribution in [2.75, 3.05) is 39.8 Å². The highest BCUT2D eigenvalue weighted by atomic mass is 32.1. The summed E-state index contributed by atoms with van der Waals surface area (Å²) < 4.78 is 0. The first kappa shape index (κ1) is 22.5. The Kier molecular flexibility index (Phi) is 7.82. The molecule has 8 heteroatoms. The Balaban J connectivity index is 1.15. The molecule has 1 amide bonds. The van der Waals surface area contributed by atoms with Crippen molar-refractivity contribution in [2.24, 2.45) is 16.8 Å². The van der Waals surface area contributed by atoms with E-state index in [1.165, 1.54) is 31.4 Å². The molecule has 0 radical (unpaired) electrons. The minimum atomic E-state index is 0.279. The van der Waals surface area contributed by atoms with Crippen molar-refractivity contribution in [2.45, 2.75) is 64.5 Å². The second-order valence-corrected chi connectivity index (χ2v) is 10.5. The monoisotopic (exact) mass is 446 g/mol. The molecule has 7 nitrogen and oxygen atoms in total. The Morgan fingerprint density at radius 2 is 1.97 bits per heavy atom. The van der Waals surface area contributed by atoms with Crippen molar-refractivity contribution < 1.29 is 4.79 Å². The van der Waals surface area contributed by atoms with Gasteiger partial charge in [-0.15, -0.1) is 11.3 Å². The van der Waals surface area contributed by atoms with Gasteiger partial charge in [0.1, 0.15) is 0 Å². The molecule has 3 fully saturated rings. The predicted octanol–water partition coefficient (Wildman–Crippen LogP) is 2.62. The van der Waals surface area contributed by atoms with E-state index in [0.29, 0.717) is 17.9 Å². The topological polar surface area (TPSA) is 72.9 Å². The Morgan fingerprint density at radius 1 is 1.19 bits per heavy atom. The van der Waals surface area contributed by atoms with Crippen molar-refractivity contribution in [3.05, 3.63) is 16.1 Å². The smallest absolute Gasteiger partial charge is 0.225 e. The summed E-state index contributed by atoms with van der Waals surface area (Å²) in [4.78, 5) is 26.3. The number of carbonyl (C=O) groups excluding carboxylic acids is 1. The molecule has 172 valence electrons. The second kappa shape index (κ2) is 10.8. The molecule has 2 aliphatic heterocycles. The van der Waals surface area contributed by atoms with E-state index in [0.717, 1.165) is 69.5 Å². The van der Waals surface area contributed by atoms with Crippen LogP contribution in [-0.2, 0) is 11.3 Å². The fourth-order valence-electron chi connectivity index (χ4n) is 5.20. The van der Waals surface area contributed by atoms with Crippen molar-refractivity contribution in [1.82, 2.24) is 25.4 Å². The van der Waals surface area contributed by atoms with Gasteiger partial charge in [0.05, 0.1) is 10.7 Å². The fourth-order valence-corrected chi connectivity index (χ4v) is 5.80. The van der Waals surface area contributed by atoms with Crippen LogP contribution in [0.4, 0.5) is 0 Å². The first-order valence-electron chi connectivity index (χ1n) is 12.0. The van der Waals surface area contributed by atoms with E-state index in [1.807, 2.05) is 7.05 Å². The van der Waals surface area contributed by atoms with Gasteiger partial charge in [-0.3, -0.25) is 14.7 Å². The highest BCUT2D eigenvalue weighted by molar-refractivity contribution is 7.09. The summed E-state index contributed by atoms with van der Waals surface area (Å²) in [6.07, 6.45) is 8.02. The number of piperidine rings is 1. The first-order chi connectivity index (χ1) is 15.1. The fraction of sp³-hybridized carbons (Fsp3) is 0.783. The lowest BCUT2D eigenvalue weighted by atomic mass is 9.97. The third-order valence-corrected chi connectivity index (χ3v) is 7.91. The van der Waals surface area contributed by atoms with Crippen molar-refractivity contribution in [3.8, 4) is 0 Å². The number of aryl methyl sites for hydroxylation is 1. The lowest BCUT2D eigenvalue weighted by molar-refractivity contribution is -0.134. The van der Waals surface area contributed by atoms with Gasteiger partial charge < -0.3 is 15.5 Å². The number of rotatable bonds is 6. The average Bonchev–Trinajstić information content (AvgIpc) is 3.54. The molecule has 1 atom stereocenters. The second-order valence-electron chi connectivity index (χ2n) is 9.43. The Bertz CT molecular complexity index is 751.